The third-order valence-electron chi connectivity index (χ3n) is 3.97. The quantitative estimate of drug-likeness (QED) is 0.867. The van der Waals surface area contributed by atoms with Crippen LogP contribution in [0.2, 0.25) is 0 Å². The molecule has 1 fully saturated rings. The molecule has 1 aromatic heterocycles. The molecule has 0 aliphatic carbocycles. The second kappa shape index (κ2) is 6.90. The van der Waals surface area contributed by atoms with E-state index < -0.39 is 0 Å². The average Bonchev–Trinajstić information content (AvgIpc) is 2.77. The van der Waals surface area contributed by atoms with Crippen LogP contribution >= 0.6 is 0 Å². The van der Waals surface area contributed by atoms with Gasteiger partial charge in [0.1, 0.15) is 0 Å². The first-order chi connectivity index (χ1) is 9.87. The molecule has 2 heterocycles. The fourth-order valence-corrected chi connectivity index (χ4v) is 3.13. The molecule has 1 aliphatic rings. The third-order valence-corrected chi connectivity index (χ3v) is 3.97. The van der Waals surface area contributed by atoms with Gasteiger partial charge in [0.25, 0.3) is 0 Å². The van der Waals surface area contributed by atoms with Gasteiger partial charge in [0.2, 0.25) is 0 Å². The summed E-state index contributed by atoms with van der Waals surface area (Å²) in [6, 6.07) is 2.56. The Morgan fingerprint density at radius 2 is 2.14 bits per heavy atom. The van der Waals surface area contributed by atoms with Crippen LogP contribution in [0.4, 0.5) is 0 Å². The lowest BCUT2D eigenvalue weighted by atomic mass is 9.94. The van der Waals surface area contributed by atoms with E-state index in [1.165, 1.54) is 0 Å². The number of piperazine rings is 1. The minimum atomic E-state index is 0.265. The van der Waals surface area contributed by atoms with Crippen LogP contribution in [-0.4, -0.2) is 63.9 Å². The number of nitrogens with one attached hydrogen (secondary N) is 1. The van der Waals surface area contributed by atoms with Gasteiger partial charge in [-0.05, 0) is 24.8 Å². The molecule has 21 heavy (non-hydrogen) atoms. The summed E-state index contributed by atoms with van der Waals surface area (Å²) in [5.74, 6) is 0. The molecular weight excluding hydrogens is 264 g/mol. The third kappa shape index (κ3) is 5.09. The maximum absolute atomic E-state index is 9.35. The van der Waals surface area contributed by atoms with Crippen molar-refractivity contribution in [3.63, 3.8) is 0 Å². The van der Waals surface area contributed by atoms with E-state index in [0.717, 1.165) is 50.5 Å². The average molecular weight is 294 g/mol. The first-order valence-electron chi connectivity index (χ1n) is 7.95. The number of aliphatic hydroxyl groups is 1. The van der Waals surface area contributed by atoms with Crippen LogP contribution in [0, 0.1) is 12.3 Å². The number of aromatic amines is 1. The molecule has 0 radical (unpaired) electrons. The highest BCUT2D eigenvalue weighted by Gasteiger charge is 2.29. The van der Waals surface area contributed by atoms with E-state index in [1.807, 2.05) is 6.92 Å². The van der Waals surface area contributed by atoms with Gasteiger partial charge in [0.15, 0.2) is 0 Å². The first kappa shape index (κ1) is 16.5. The number of hydrogen-bond donors (Lipinski definition) is 2. The Morgan fingerprint density at radius 1 is 1.38 bits per heavy atom. The lowest BCUT2D eigenvalue weighted by molar-refractivity contribution is 0.0335. The van der Waals surface area contributed by atoms with Crippen molar-refractivity contribution in [2.45, 2.75) is 46.7 Å². The number of rotatable bonds is 5. The summed E-state index contributed by atoms with van der Waals surface area (Å²) in [6.07, 6.45) is 0.853. The van der Waals surface area contributed by atoms with Crippen molar-refractivity contribution in [2.24, 2.45) is 5.41 Å². The Balaban J connectivity index is 1.94. The van der Waals surface area contributed by atoms with Gasteiger partial charge in [-0.15, -0.1) is 0 Å². The highest BCUT2D eigenvalue weighted by molar-refractivity contribution is 5.06. The molecule has 1 atom stereocenters. The summed E-state index contributed by atoms with van der Waals surface area (Å²) >= 11 is 0. The van der Waals surface area contributed by atoms with Crippen molar-refractivity contribution in [1.29, 1.82) is 0 Å². The van der Waals surface area contributed by atoms with Gasteiger partial charge in [0, 0.05) is 51.1 Å². The molecule has 0 spiro atoms. The van der Waals surface area contributed by atoms with Crippen LogP contribution in [0.15, 0.2) is 6.07 Å². The molecular formula is C16H30N4O. The number of H-pyrrole nitrogens is 1. The molecule has 1 saturated heterocycles. The monoisotopic (exact) mass is 294 g/mol. The first-order valence-corrected chi connectivity index (χ1v) is 7.95. The van der Waals surface area contributed by atoms with Gasteiger partial charge in [-0.1, -0.05) is 20.8 Å². The van der Waals surface area contributed by atoms with Crippen LogP contribution in [0.1, 0.15) is 38.6 Å². The van der Waals surface area contributed by atoms with Crippen LogP contribution in [0.25, 0.3) is 0 Å². The molecule has 5 heteroatoms. The Bertz CT molecular complexity index is 438. The zero-order valence-corrected chi connectivity index (χ0v) is 13.9. The van der Waals surface area contributed by atoms with Gasteiger partial charge in [-0.2, -0.15) is 5.10 Å². The summed E-state index contributed by atoms with van der Waals surface area (Å²) in [7, 11) is 0. The Hall–Kier alpha value is -0.910. The minimum Gasteiger partial charge on any atom is -0.396 e. The Kier molecular flexibility index (Phi) is 5.41. The SMILES string of the molecule is Cc1cc(CN2CCN(CC(C)(C)C)[C@@H](CCO)C2)n[nH]1. The lowest BCUT2D eigenvalue weighted by Gasteiger charge is -2.43. The second-order valence-corrected chi connectivity index (χ2v) is 7.47. The highest BCUT2D eigenvalue weighted by Crippen LogP contribution is 2.21. The topological polar surface area (TPSA) is 55.4 Å². The van der Waals surface area contributed by atoms with Crippen molar-refractivity contribution in [1.82, 2.24) is 20.0 Å². The second-order valence-electron chi connectivity index (χ2n) is 7.47. The van der Waals surface area contributed by atoms with Crippen molar-refractivity contribution < 1.29 is 5.11 Å². The zero-order chi connectivity index (χ0) is 15.5. The standard InChI is InChI=1S/C16H30N4O/c1-13-9-14(18-17-13)10-19-6-7-20(12-16(2,3)4)15(11-19)5-8-21/h9,15,21H,5-8,10-12H2,1-4H3,(H,17,18)/t15-/m0/s1. The summed E-state index contributed by atoms with van der Waals surface area (Å²) in [6.45, 7) is 14.3. The fraction of sp³-hybridized carbons (Fsp3) is 0.812. The lowest BCUT2D eigenvalue weighted by Crippen LogP contribution is -2.54. The van der Waals surface area contributed by atoms with Gasteiger partial charge < -0.3 is 5.11 Å². The molecule has 2 rings (SSSR count). The van der Waals surface area contributed by atoms with E-state index >= 15 is 0 Å². The van der Waals surface area contributed by atoms with Gasteiger partial charge in [0.05, 0.1) is 5.69 Å². The Morgan fingerprint density at radius 3 is 2.71 bits per heavy atom. The van der Waals surface area contributed by atoms with Crippen molar-refractivity contribution in [3.05, 3.63) is 17.5 Å². The number of aliphatic hydroxyl groups excluding tert-OH is 1. The molecule has 0 aromatic carbocycles. The van der Waals surface area contributed by atoms with Crippen molar-refractivity contribution >= 4 is 0 Å². The zero-order valence-electron chi connectivity index (χ0n) is 13.9. The van der Waals surface area contributed by atoms with Gasteiger partial charge in [-0.25, -0.2) is 0 Å². The van der Waals surface area contributed by atoms with Crippen LogP contribution in [-0.2, 0) is 6.54 Å². The number of hydrogen-bond acceptors (Lipinski definition) is 4. The maximum Gasteiger partial charge on any atom is 0.0765 e. The molecule has 2 N–H and O–H groups in total. The van der Waals surface area contributed by atoms with E-state index in [4.69, 9.17) is 0 Å². The van der Waals surface area contributed by atoms with E-state index in [0.29, 0.717) is 11.5 Å². The molecule has 0 unspecified atom stereocenters. The van der Waals surface area contributed by atoms with Crippen molar-refractivity contribution in [2.75, 3.05) is 32.8 Å². The normalized spacial score (nSPS) is 21.9. The van der Waals surface area contributed by atoms with Gasteiger partial charge in [-0.3, -0.25) is 14.9 Å². The van der Waals surface area contributed by atoms with Crippen molar-refractivity contribution in [3.8, 4) is 0 Å². The van der Waals surface area contributed by atoms with Crippen LogP contribution in [0.5, 0.6) is 0 Å². The smallest absolute Gasteiger partial charge is 0.0765 e. The van der Waals surface area contributed by atoms with E-state index in [2.05, 4.69) is 46.8 Å². The van der Waals surface area contributed by atoms with E-state index in [1.54, 1.807) is 0 Å². The van der Waals surface area contributed by atoms with Crippen LogP contribution in [0.3, 0.4) is 0 Å². The summed E-state index contributed by atoms with van der Waals surface area (Å²) in [5.41, 5.74) is 2.53. The molecule has 120 valence electrons. The van der Waals surface area contributed by atoms with E-state index in [-0.39, 0.29) is 6.61 Å². The Labute approximate surface area is 128 Å². The van der Waals surface area contributed by atoms with Gasteiger partial charge >= 0.3 is 0 Å². The summed E-state index contributed by atoms with van der Waals surface area (Å²) < 4.78 is 0. The molecule has 0 saturated carbocycles. The summed E-state index contributed by atoms with van der Waals surface area (Å²) in [4.78, 5) is 5.00. The summed E-state index contributed by atoms with van der Waals surface area (Å²) in [5, 5.41) is 16.7. The predicted molar refractivity (Wildman–Crippen MR) is 85.1 cm³/mol. The largest absolute Gasteiger partial charge is 0.396 e. The minimum absolute atomic E-state index is 0.265. The van der Waals surface area contributed by atoms with Crippen LogP contribution < -0.4 is 0 Å². The highest BCUT2D eigenvalue weighted by atomic mass is 16.3. The predicted octanol–water partition coefficient (Wildman–Crippen LogP) is 1.63. The van der Waals surface area contributed by atoms with E-state index in [9.17, 15) is 5.11 Å². The molecule has 5 nitrogen and oxygen atoms in total. The number of nitrogens with zero attached hydrogens (tertiary/aromatic N) is 3. The number of aryl methyl sites for hydroxylation is 1. The molecule has 0 bridgehead atoms. The molecule has 0 amide bonds. The molecule has 1 aliphatic heterocycles. The number of aromatic nitrogens is 2. The fourth-order valence-electron chi connectivity index (χ4n) is 3.13. The molecule has 1 aromatic rings. The maximum atomic E-state index is 9.35.